The molecule has 1 saturated heterocycles. The van der Waals surface area contributed by atoms with E-state index >= 15 is 0 Å². The third kappa shape index (κ3) is 3.32. The topological polar surface area (TPSA) is 69.7 Å². The molecule has 2 aliphatic rings. The second-order valence-electron chi connectivity index (χ2n) is 7.24. The number of nitrogens with zero attached hydrogens (tertiary/aromatic N) is 2. The molecule has 3 rings (SSSR count). The quantitative estimate of drug-likeness (QED) is 0.795. The van der Waals surface area contributed by atoms with Gasteiger partial charge in [-0.1, -0.05) is 51.0 Å². The Morgan fingerprint density at radius 1 is 1.12 bits per heavy atom. The molecule has 0 spiro atoms. The molecule has 1 N–H and O–H groups in total. The molecule has 2 heterocycles. The molecule has 0 radical (unpaired) electrons. The summed E-state index contributed by atoms with van der Waals surface area (Å²) in [6.07, 6.45) is 3.62. The van der Waals surface area contributed by atoms with Crippen molar-refractivity contribution in [3.05, 3.63) is 35.4 Å². The number of nitrogens with one attached hydrogen (secondary N) is 1. The number of hydrogen-bond donors (Lipinski definition) is 1. The van der Waals surface area contributed by atoms with Gasteiger partial charge in [-0.2, -0.15) is 0 Å². The summed E-state index contributed by atoms with van der Waals surface area (Å²) in [7, 11) is 0. The average molecular weight is 357 g/mol. The van der Waals surface area contributed by atoms with E-state index in [1.54, 1.807) is 4.90 Å². The van der Waals surface area contributed by atoms with E-state index in [0.29, 0.717) is 25.9 Å². The number of carbonyl (C=O) groups is 3. The summed E-state index contributed by atoms with van der Waals surface area (Å²) >= 11 is 0. The van der Waals surface area contributed by atoms with Gasteiger partial charge >= 0.3 is 6.03 Å². The number of urea groups is 1. The first-order valence-electron chi connectivity index (χ1n) is 9.49. The lowest BCUT2D eigenvalue weighted by Crippen LogP contribution is -2.48. The highest BCUT2D eigenvalue weighted by Gasteiger charge is 2.50. The number of amides is 4. The Labute approximate surface area is 154 Å². The molecule has 26 heavy (non-hydrogen) atoms. The number of fused-ring (bicyclic) bond motifs is 1. The molecular weight excluding hydrogens is 330 g/mol. The molecule has 0 atom stereocenters. The third-order valence-corrected chi connectivity index (χ3v) is 5.38. The summed E-state index contributed by atoms with van der Waals surface area (Å²) in [5.41, 5.74) is 1.56. The highest BCUT2D eigenvalue weighted by atomic mass is 16.2. The fraction of sp³-hybridized carbons (Fsp3) is 0.550. The molecular formula is C20H27N3O3. The first kappa shape index (κ1) is 18.4. The van der Waals surface area contributed by atoms with E-state index < -0.39 is 11.6 Å². The summed E-state index contributed by atoms with van der Waals surface area (Å²) in [6.45, 7) is 4.97. The van der Waals surface area contributed by atoms with Crippen molar-refractivity contribution < 1.29 is 14.4 Å². The Morgan fingerprint density at radius 3 is 2.42 bits per heavy atom. The van der Waals surface area contributed by atoms with Gasteiger partial charge in [0.2, 0.25) is 5.91 Å². The lowest BCUT2D eigenvalue weighted by atomic mass is 9.88. The van der Waals surface area contributed by atoms with E-state index in [-0.39, 0.29) is 18.4 Å². The van der Waals surface area contributed by atoms with Crippen molar-refractivity contribution >= 4 is 17.8 Å². The zero-order valence-electron chi connectivity index (χ0n) is 15.6. The zero-order valence-corrected chi connectivity index (χ0v) is 15.6. The Bertz CT molecular complexity index is 710. The first-order chi connectivity index (χ1) is 12.5. The van der Waals surface area contributed by atoms with Crippen LogP contribution in [0.4, 0.5) is 4.79 Å². The van der Waals surface area contributed by atoms with Crippen molar-refractivity contribution in [1.29, 1.82) is 0 Å². The molecule has 0 bridgehead atoms. The van der Waals surface area contributed by atoms with Crippen molar-refractivity contribution in [1.82, 2.24) is 15.1 Å². The predicted molar refractivity (Wildman–Crippen MR) is 98.4 cm³/mol. The molecule has 2 aliphatic heterocycles. The van der Waals surface area contributed by atoms with E-state index in [1.165, 1.54) is 5.56 Å². The van der Waals surface area contributed by atoms with Gasteiger partial charge in [0.25, 0.3) is 5.91 Å². The minimum Gasteiger partial charge on any atom is -0.336 e. The van der Waals surface area contributed by atoms with E-state index in [4.69, 9.17) is 0 Å². The number of imide groups is 1. The van der Waals surface area contributed by atoms with Crippen LogP contribution < -0.4 is 5.32 Å². The predicted octanol–water partition coefficient (Wildman–Crippen LogP) is 2.46. The lowest BCUT2D eigenvalue weighted by molar-refractivity contribution is -0.139. The molecule has 0 saturated carbocycles. The smallest absolute Gasteiger partial charge is 0.325 e. The van der Waals surface area contributed by atoms with Gasteiger partial charge in [0.15, 0.2) is 0 Å². The van der Waals surface area contributed by atoms with Crippen molar-refractivity contribution in [2.24, 2.45) is 0 Å². The van der Waals surface area contributed by atoms with Gasteiger partial charge in [-0.05, 0) is 30.4 Å². The number of hydrogen-bond acceptors (Lipinski definition) is 3. The van der Waals surface area contributed by atoms with Crippen LogP contribution in [0, 0.1) is 0 Å². The zero-order chi connectivity index (χ0) is 18.7. The second-order valence-corrected chi connectivity index (χ2v) is 7.24. The van der Waals surface area contributed by atoms with Gasteiger partial charge in [0.05, 0.1) is 0 Å². The highest BCUT2D eigenvalue weighted by molar-refractivity contribution is 6.09. The van der Waals surface area contributed by atoms with Gasteiger partial charge in [-0.15, -0.1) is 0 Å². The molecule has 1 aromatic carbocycles. The maximum atomic E-state index is 12.9. The molecule has 6 heteroatoms. The monoisotopic (exact) mass is 357 g/mol. The second kappa shape index (κ2) is 7.48. The van der Waals surface area contributed by atoms with Crippen LogP contribution in [0.25, 0.3) is 0 Å². The standard InChI is InChI=1S/C20H27N3O3/c1-3-10-20(11-4-2)18(25)23(19(26)21-20)14-17(24)22-12-9-15-7-5-6-8-16(15)13-22/h5-8H,3-4,9-14H2,1-2H3,(H,21,26). The minimum atomic E-state index is -0.838. The number of rotatable bonds is 6. The molecule has 1 aromatic rings. The van der Waals surface area contributed by atoms with Crippen molar-refractivity contribution in [3.8, 4) is 0 Å². The summed E-state index contributed by atoms with van der Waals surface area (Å²) < 4.78 is 0. The SMILES string of the molecule is CCCC1(CCC)NC(=O)N(CC(=O)N2CCc3ccccc3C2)C1=O. The number of carbonyl (C=O) groups excluding carboxylic acids is 3. The fourth-order valence-electron chi connectivity index (χ4n) is 4.08. The largest absolute Gasteiger partial charge is 0.336 e. The van der Waals surface area contributed by atoms with E-state index in [1.807, 2.05) is 32.0 Å². The summed E-state index contributed by atoms with van der Waals surface area (Å²) in [6, 6.07) is 7.63. The maximum Gasteiger partial charge on any atom is 0.325 e. The molecule has 0 aromatic heterocycles. The van der Waals surface area contributed by atoms with Crippen LogP contribution in [0.5, 0.6) is 0 Å². The minimum absolute atomic E-state index is 0.174. The van der Waals surface area contributed by atoms with Crippen molar-refractivity contribution in [2.75, 3.05) is 13.1 Å². The Kier molecular flexibility index (Phi) is 5.30. The molecule has 4 amide bonds. The Hall–Kier alpha value is -2.37. The van der Waals surface area contributed by atoms with Crippen molar-refractivity contribution in [2.45, 2.75) is 58.0 Å². The van der Waals surface area contributed by atoms with Crippen LogP contribution >= 0.6 is 0 Å². The van der Waals surface area contributed by atoms with Crippen LogP contribution in [-0.4, -0.2) is 46.3 Å². The van der Waals surface area contributed by atoms with Crippen LogP contribution in [0.15, 0.2) is 24.3 Å². The maximum absolute atomic E-state index is 12.9. The van der Waals surface area contributed by atoms with Crippen molar-refractivity contribution in [3.63, 3.8) is 0 Å². The van der Waals surface area contributed by atoms with Gasteiger partial charge < -0.3 is 10.2 Å². The molecule has 140 valence electrons. The fourth-order valence-corrected chi connectivity index (χ4v) is 4.08. The normalized spacial score (nSPS) is 18.7. The Morgan fingerprint density at radius 2 is 1.77 bits per heavy atom. The highest BCUT2D eigenvalue weighted by Crippen LogP contribution is 2.28. The molecule has 0 unspecified atom stereocenters. The van der Waals surface area contributed by atoms with Crippen LogP contribution in [0.2, 0.25) is 0 Å². The van der Waals surface area contributed by atoms with Crippen LogP contribution in [0.3, 0.4) is 0 Å². The molecule has 1 fully saturated rings. The van der Waals surface area contributed by atoms with E-state index in [9.17, 15) is 14.4 Å². The lowest BCUT2D eigenvalue weighted by Gasteiger charge is -2.30. The van der Waals surface area contributed by atoms with Crippen LogP contribution in [0.1, 0.15) is 50.7 Å². The van der Waals surface area contributed by atoms with E-state index in [2.05, 4.69) is 11.4 Å². The third-order valence-electron chi connectivity index (χ3n) is 5.38. The first-order valence-corrected chi connectivity index (χ1v) is 9.49. The van der Waals surface area contributed by atoms with Gasteiger partial charge in [-0.3, -0.25) is 14.5 Å². The average Bonchev–Trinajstić information content (AvgIpc) is 2.86. The van der Waals surface area contributed by atoms with E-state index in [0.717, 1.165) is 29.7 Å². The molecule has 0 aliphatic carbocycles. The number of benzene rings is 1. The van der Waals surface area contributed by atoms with Gasteiger partial charge in [0, 0.05) is 13.1 Å². The van der Waals surface area contributed by atoms with Crippen LogP contribution in [-0.2, 0) is 22.6 Å². The van der Waals surface area contributed by atoms with Gasteiger partial charge in [0.1, 0.15) is 12.1 Å². The molecule has 6 nitrogen and oxygen atoms in total. The summed E-state index contributed by atoms with van der Waals surface area (Å²) in [4.78, 5) is 40.9. The summed E-state index contributed by atoms with van der Waals surface area (Å²) in [5, 5.41) is 2.86. The summed E-state index contributed by atoms with van der Waals surface area (Å²) in [5.74, 6) is -0.427. The van der Waals surface area contributed by atoms with Gasteiger partial charge in [-0.25, -0.2) is 4.79 Å². The Balaban J connectivity index is 1.70.